The minimum atomic E-state index is -4.62. The fourth-order valence-corrected chi connectivity index (χ4v) is 6.23. The van der Waals surface area contributed by atoms with Crippen molar-refractivity contribution in [2.45, 2.75) is 32.0 Å². The Balaban J connectivity index is 1.30. The fraction of sp³-hybridized carbons (Fsp3) is 0.375. The molecule has 0 spiro atoms. The van der Waals surface area contributed by atoms with E-state index in [1.807, 2.05) is 6.92 Å². The van der Waals surface area contributed by atoms with Crippen molar-refractivity contribution < 1.29 is 17.6 Å². The number of benzene rings is 1. The minimum Gasteiger partial charge on any atom is -0.361 e. The van der Waals surface area contributed by atoms with E-state index in [9.17, 15) is 17.6 Å². The summed E-state index contributed by atoms with van der Waals surface area (Å²) >= 11 is 1.52. The predicted molar refractivity (Wildman–Crippen MR) is 126 cm³/mol. The van der Waals surface area contributed by atoms with E-state index in [0.29, 0.717) is 17.8 Å². The van der Waals surface area contributed by atoms with E-state index in [0.717, 1.165) is 49.8 Å². The standard InChI is InChI=1S/C24H22F4N6S/c1-13-9-20(35-32-13)33-11-14-4-5-15(12-33)21(14)29-23-30-22-17(3-2-8-34(22)31-23)18-10-16(25)6-7-19(18)24(26,27)28/h2-3,6-10,14-15,21H,4-5,11-12H2,1H3,(H,29,31)/t14-,15+,21-. The average Bonchev–Trinajstić information content (AvgIpc) is 3.48. The number of nitrogens with zero attached hydrogens (tertiary/aromatic N) is 5. The van der Waals surface area contributed by atoms with Gasteiger partial charge in [0.1, 0.15) is 10.8 Å². The molecular formula is C24H22F4N6S. The number of aryl methyl sites for hydroxylation is 1. The Kier molecular flexibility index (Phi) is 5.21. The van der Waals surface area contributed by atoms with Gasteiger partial charge in [0.2, 0.25) is 5.95 Å². The van der Waals surface area contributed by atoms with Gasteiger partial charge in [0.05, 0.1) is 11.3 Å². The highest BCUT2D eigenvalue weighted by Crippen LogP contribution is 2.42. The highest BCUT2D eigenvalue weighted by atomic mass is 32.1. The topological polar surface area (TPSA) is 58.4 Å². The number of pyridine rings is 1. The summed E-state index contributed by atoms with van der Waals surface area (Å²) in [6.45, 7) is 3.81. The maximum absolute atomic E-state index is 14.0. The molecule has 1 saturated carbocycles. The molecule has 11 heteroatoms. The number of halogens is 4. The largest absolute Gasteiger partial charge is 0.417 e. The van der Waals surface area contributed by atoms with Gasteiger partial charge in [-0.05, 0) is 79.5 Å². The third-order valence-corrected chi connectivity index (χ3v) is 7.94. The van der Waals surface area contributed by atoms with Crippen molar-refractivity contribution in [2.24, 2.45) is 11.8 Å². The molecule has 1 aliphatic carbocycles. The Hall–Kier alpha value is -3.21. The zero-order chi connectivity index (χ0) is 24.3. The number of hydrogen-bond acceptors (Lipinski definition) is 6. The Morgan fingerprint density at radius 3 is 2.51 bits per heavy atom. The van der Waals surface area contributed by atoms with Crippen LogP contribution in [0.3, 0.4) is 0 Å². The van der Waals surface area contributed by atoms with Gasteiger partial charge < -0.3 is 10.2 Å². The van der Waals surface area contributed by atoms with Crippen molar-refractivity contribution in [1.29, 1.82) is 0 Å². The van der Waals surface area contributed by atoms with Gasteiger partial charge in [-0.25, -0.2) is 8.91 Å². The van der Waals surface area contributed by atoms with Gasteiger partial charge in [-0.2, -0.15) is 22.5 Å². The van der Waals surface area contributed by atoms with Crippen LogP contribution >= 0.6 is 11.5 Å². The molecule has 6 rings (SSSR count). The van der Waals surface area contributed by atoms with E-state index in [2.05, 4.69) is 30.7 Å². The van der Waals surface area contributed by atoms with Crippen molar-refractivity contribution in [1.82, 2.24) is 19.0 Å². The smallest absolute Gasteiger partial charge is 0.361 e. The summed E-state index contributed by atoms with van der Waals surface area (Å²) in [6, 6.07) is 7.88. The van der Waals surface area contributed by atoms with Crippen LogP contribution in [-0.2, 0) is 6.18 Å². The molecule has 4 heterocycles. The van der Waals surface area contributed by atoms with Crippen molar-refractivity contribution in [3.63, 3.8) is 0 Å². The molecule has 2 aliphatic rings. The number of piperidine rings is 1. The Morgan fingerprint density at radius 2 is 1.83 bits per heavy atom. The number of nitrogens with one attached hydrogen (secondary N) is 1. The molecule has 4 aromatic rings. The lowest BCUT2D eigenvalue weighted by Gasteiger charge is -2.38. The first kappa shape index (κ1) is 22.3. The summed E-state index contributed by atoms with van der Waals surface area (Å²) in [5, 5.41) is 9.13. The molecule has 3 atom stereocenters. The predicted octanol–water partition coefficient (Wildman–Crippen LogP) is 5.65. The van der Waals surface area contributed by atoms with Gasteiger partial charge in [-0.3, -0.25) is 0 Å². The van der Waals surface area contributed by atoms with Gasteiger partial charge in [0.15, 0.2) is 5.65 Å². The second-order valence-electron chi connectivity index (χ2n) is 9.29. The molecular weight excluding hydrogens is 480 g/mol. The van der Waals surface area contributed by atoms with Gasteiger partial charge in [0, 0.05) is 36.5 Å². The maximum atomic E-state index is 14.0. The Labute approximate surface area is 202 Å². The van der Waals surface area contributed by atoms with Crippen molar-refractivity contribution in [3.05, 3.63) is 59.7 Å². The van der Waals surface area contributed by atoms with Crippen LogP contribution in [0.4, 0.5) is 28.5 Å². The fourth-order valence-electron chi connectivity index (χ4n) is 5.45. The number of anilines is 2. The van der Waals surface area contributed by atoms with Crippen molar-refractivity contribution >= 4 is 28.1 Å². The molecule has 2 fully saturated rings. The van der Waals surface area contributed by atoms with E-state index < -0.39 is 17.6 Å². The van der Waals surface area contributed by atoms with Crippen LogP contribution in [0.15, 0.2) is 42.6 Å². The zero-order valence-corrected chi connectivity index (χ0v) is 19.6. The van der Waals surface area contributed by atoms with Gasteiger partial charge in [0.25, 0.3) is 0 Å². The Bertz CT molecular complexity index is 1380. The van der Waals surface area contributed by atoms with E-state index >= 15 is 0 Å². The summed E-state index contributed by atoms with van der Waals surface area (Å²) in [4.78, 5) is 6.93. The monoisotopic (exact) mass is 502 g/mol. The third kappa shape index (κ3) is 4.01. The normalized spacial score (nSPS) is 22.2. The number of aromatic nitrogens is 4. The average molecular weight is 503 g/mol. The number of hydrogen-bond donors (Lipinski definition) is 1. The molecule has 35 heavy (non-hydrogen) atoms. The Morgan fingerprint density at radius 1 is 1.06 bits per heavy atom. The minimum absolute atomic E-state index is 0.179. The molecule has 182 valence electrons. The van der Waals surface area contributed by atoms with Crippen LogP contribution in [0.5, 0.6) is 0 Å². The van der Waals surface area contributed by atoms with Crippen LogP contribution < -0.4 is 10.2 Å². The molecule has 2 bridgehead atoms. The van der Waals surface area contributed by atoms with Crippen LogP contribution in [-0.4, -0.2) is 38.1 Å². The first-order valence-corrected chi connectivity index (χ1v) is 12.2. The number of alkyl halides is 3. The molecule has 0 amide bonds. The first-order valence-electron chi connectivity index (χ1n) is 11.4. The number of fused-ring (bicyclic) bond motifs is 3. The zero-order valence-electron chi connectivity index (χ0n) is 18.8. The third-order valence-electron chi connectivity index (χ3n) is 7.00. The van der Waals surface area contributed by atoms with Gasteiger partial charge in [-0.1, -0.05) is 0 Å². The van der Waals surface area contributed by atoms with Crippen LogP contribution in [0.25, 0.3) is 16.8 Å². The molecule has 0 radical (unpaired) electrons. The van der Waals surface area contributed by atoms with E-state index in [-0.39, 0.29) is 22.8 Å². The summed E-state index contributed by atoms with van der Waals surface area (Å²) in [6.07, 6.45) is -0.811. The summed E-state index contributed by atoms with van der Waals surface area (Å²) in [5.41, 5.74) is 0.284. The molecule has 0 unspecified atom stereocenters. The van der Waals surface area contributed by atoms with Crippen LogP contribution in [0, 0.1) is 24.6 Å². The number of rotatable bonds is 4. The lowest BCUT2D eigenvalue weighted by Crippen LogP contribution is -2.48. The highest BCUT2D eigenvalue weighted by molar-refractivity contribution is 7.10. The summed E-state index contributed by atoms with van der Waals surface area (Å²) in [7, 11) is 0. The second-order valence-corrected chi connectivity index (χ2v) is 10.1. The van der Waals surface area contributed by atoms with E-state index in [1.165, 1.54) is 27.1 Å². The van der Waals surface area contributed by atoms with E-state index in [4.69, 9.17) is 0 Å². The summed E-state index contributed by atoms with van der Waals surface area (Å²) in [5.74, 6) is 0.434. The molecule has 1 saturated heterocycles. The lowest BCUT2D eigenvalue weighted by atomic mass is 9.92. The first-order chi connectivity index (χ1) is 16.8. The van der Waals surface area contributed by atoms with Crippen molar-refractivity contribution in [2.75, 3.05) is 23.3 Å². The lowest BCUT2D eigenvalue weighted by molar-refractivity contribution is -0.137. The van der Waals surface area contributed by atoms with Crippen molar-refractivity contribution in [3.8, 4) is 11.1 Å². The molecule has 1 aliphatic heterocycles. The maximum Gasteiger partial charge on any atom is 0.417 e. The van der Waals surface area contributed by atoms with Gasteiger partial charge >= 0.3 is 6.18 Å². The molecule has 1 aromatic carbocycles. The molecule has 3 aromatic heterocycles. The summed E-state index contributed by atoms with van der Waals surface area (Å²) < 4.78 is 60.7. The second kappa shape index (κ2) is 8.18. The molecule has 6 nitrogen and oxygen atoms in total. The SMILES string of the molecule is Cc1cc(N2C[C@H]3CC[C@@H](C2)[C@@H]3Nc2nc3c(-c4cc(F)ccc4C(F)(F)F)cccn3n2)sn1. The van der Waals surface area contributed by atoms with Crippen LogP contribution in [0.2, 0.25) is 0 Å². The van der Waals surface area contributed by atoms with Crippen LogP contribution in [0.1, 0.15) is 24.1 Å². The quantitative estimate of drug-likeness (QED) is 0.366. The van der Waals surface area contributed by atoms with Gasteiger partial charge in [-0.15, -0.1) is 5.10 Å². The van der Waals surface area contributed by atoms with E-state index in [1.54, 1.807) is 12.3 Å². The highest BCUT2D eigenvalue weighted by Gasteiger charge is 2.43. The molecule has 1 N–H and O–H groups in total.